The Labute approximate surface area is 94.3 Å². The van der Waals surface area contributed by atoms with Crippen molar-refractivity contribution in [2.75, 3.05) is 31.5 Å². The van der Waals surface area contributed by atoms with E-state index in [1.807, 2.05) is 0 Å². The van der Waals surface area contributed by atoms with E-state index in [1.54, 1.807) is 0 Å². The largest absolute Gasteiger partial charge is 0.476 e. The fourth-order valence-corrected chi connectivity index (χ4v) is 1.31. The summed E-state index contributed by atoms with van der Waals surface area (Å²) in [5.74, 6) is -1.08. The minimum absolute atomic E-state index is 0.0784. The van der Waals surface area contributed by atoms with Crippen LogP contribution in [0.4, 0.5) is 6.01 Å². The summed E-state index contributed by atoms with van der Waals surface area (Å²) >= 11 is 0. The molecule has 0 unspecified atom stereocenters. The maximum atomic E-state index is 10.5. The van der Waals surface area contributed by atoms with Crippen molar-refractivity contribution in [3.05, 3.63) is 12.0 Å². The second-order valence-electron chi connectivity index (χ2n) is 3.30. The maximum Gasteiger partial charge on any atom is 0.357 e. The van der Waals surface area contributed by atoms with Crippen LogP contribution in [0, 0.1) is 0 Å². The third kappa shape index (κ3) is 3.54. The first-order chi connectivity index (χ1) is 7.67. The van der Waals surface area contributed by atoms with E-state index < -0.39 is 5.97 Å². The van der Waals surface area contributed by atoms with Gasteiger partial charge in [0, 0.05) is 13.1 Å². The van der Waals surface area contributed by atoms with Gasteiger partial charge in [0.15, 0.2) is 5.69 Å². The number of aromatic nitrogens is 1. The number of rotatable bonds is 7. The summed E-state index contributed by atoms with van der Waals surface area (Å²) in [5.41, 5.74) is -0.0784. The van der Waals surface area contributed by atoms with Gasteiger partial charge < -0.3 is 19.7 Å². The van der Waals surface area contributed by atoms with Crippen LogP contribution in [0.1, 0.15) is 24.3 Å². The van der Waals surface area contributed by atoms with Gasteiger partial charge in [-0.25, -0.2) is 4.79 Å². The van der Waals surface area contributed by atoms with E-state index in [4.69, 9.17) is 9.52 Å². The lowest BCUT2D eigenvalue weighted by molar-refractivity contribution is 0.0690. The number of nitrogens with zero attached hydrogens (tertiary/aromatic N) is 2. The average Bonchev–Trinajstić information content (AvgIpc) is 2.73. The van der Waals surface area contributed by atoms with Gasteiger partial charge in [0.25, 0.3) is 6.01 Å². The second kappa shape index (κ2) is 6.12. The first kappa shape index (κ1) is 12.5. The lowest BCUT2D eigenvalue weighted by atomic mass is 10.5. The van der Waals surface area contributed by atoms with Gasteiger partial charge in [-0.1, -0.05) is 13.8 Å². The predicted octanol–water partition coefficient (Wildman–Crippen LogP) is 1.13. The number of carboxylic acid groups (broad SMARTS) is 1. The van der Waals surface area contributed by atoms with Gasteiger partial charge in [-0.3, -0.25) is 0 Å². The fraction of sp³-hybridized carbons (Fsp3) is 0.600. The van der Waals surface area contributed by atoms with Crippen molar-refractivity contribution in [1.29, 1.82) is 0 Å². The van der Waals surface area contributed by atoms with Crippen molar-refractivity contribution in [2.45, 2.75) is 13.8 Å². The number of carboxylic acids is 1. The number of aromatic carboxylic acids is 1. The molecule has 1 rings (SSSR count). The summed E-state index contributed by atoms with van der Waals surface area (Å²) in [6.45, 7) is 7.72. The summed E-state index contributed by atoms with van der Waals surface area (Å²) in [6, 6.07) is 0.254. The number of hydrogen-bond acceptors (Lipinski definition) is 5. The molecule has 0 amide bonds. The van der Waals surface area contributed by atoms with Crippen molar-refractivity contribution >= 4 is 12.0 Å². The molecule has 0 spiro atoms. The van der Waals surface area contributed by atoms with E-state index in [1.165, 1.54) is 0 Å². The number of carbonyl (C=O) groups is 1. The Bertz CT molecular complexity index is 334. The summed E-state index contributed by atoms with van der Waals surface area (Å²) in [7, 11) is 0. The normalized spacial score (nSPS) is 10.7. The topological polar surface area (TPSA) is 78.6 Å². The molecule has 0 fully saturated rings. The van der Waals surface area contributed by atoms with Crippen LogP contribution in [0.5, 0.6) is 0 Å². The van der Waals surface area contributed by atoms with Crippen LogP contribution in [0.2, 0.25) is 0 Å². The lowest BCUT2D eigenvalue weighted by Gasteiger charge is -2.17. The Morgan fingerprint density at radius 1 is 1.56 bits per heavy atom. The van der Waals surface area contributed by atoms with Crippen molar-refractivity contribution in [3.8, 4) is 0 Å². The molecule has 1 aromatic heterocycles. The molecule has 0 atom stereocenters. The molecule has 0 radical (unpaired) electrons. The van der Waals surface area contributed by atoms with Gasteiger partial charge in [0.05, 0.1) is 0 Å². The van der Waals surface area contributed by atoms with Crippen LogP contribution in [-0.4, -0.2) is 47.1 Å². The molecule has 0 aromatic carbocycles. The molecule has 90 valence electrons. The zero-order valence-corrected chi connectivity index (χ0v) is 9.56. The van der Waals surface area contributed by atoms with Crippen molar-refractivity contribution < 1.29 is 14.3 Å². The van der Waals surface area contributed by atoms with Gasteiger partial charge in [0.2, 0.25) is 0 Å². The Hall–Kier alpha value is -1.56. The number of hydrogen-bond donors (Lipinski definition) is 2. The van der Waals surface area contributed by atoms with Crippen LogP contribution < -0.4 is 5.32 Å². The first-order valence-corrected chi connectivity index (χ1v) is 5.32. The number of anilines is 1. The fourth-order valence-electron chi connectivity index (χ4n) is 1.31. The van der Waals surface area contributed by atoms with Crippen LogP contribution in [0.25, 0.3) is 0 Å². The average molecular weight is 227 g/mol. The Balaban J connectivity index is 2.34. The molecule has 1 heterocycles. The molecule has 16 heavy (non-hydrogen) atoms. The van der Waals surface area contributed by atoms with Crippen LogP contribution in [0.3, 0.4) is 0 Å². The minimum Gasteiger partial charge on any atom is -0.476 e. The number of likely N-dealkylation sites (N-methyl/N-ethyl adjacent to an activating group) is 1. The van der Waals surface area contributed by atoms with Crippen molar-refractivity contribution in [1.82, 2.24) is 9.88 Å². The molecule has 0 aliphatic heterocycles. The molecule has 0 bridgehead atoms. The SMILES string of the molecule is CCN(CC)CCNc1nc(C(=O)O)co1. The van der Waals surface area contributed by atoms with E-state index in [9.17, 15) is 4.79 Å². The smallest absolute Gasteiger partial charge is 0.357 e. The maximum absolute atomic E-state index is 10.5. The molecule has 0 saturated heterocycles. The predicted molar refractivity (Wildman–Crippen MR) is 59.7 cm³/mol. The standard InChI is InChI=1S/C10H17N3O3/c1-3-13(4-2)6-5-11-10-12-8(7-16-10)9(14)15/h7H,3-6H2,1-2H3,(H,11,12)(H,14,15). The molecule has 1 aromatic rings. The monoisotopic (exact) mass is 227 g/mol. The number of nitrogens with one attached hydrogen (secondary N) is 1. The molecule has 0 aliphatic carbocycles. The van der Waals surface area contributed by atoms with Gasteiger partial charge in [-0.15, -0.1) is 0 Å². The van der Waals surface area contributed by atoms with Gasteiger partial charge in [-0.2, -0.15) is 4.98 Å². The zero-order valence-electron chi connectivity index (χ0n) is 9.56. The molecular formula is C10H17N3O3. The van der Waals surface area contributed by atoms with Crippen LogP contribution >= 0.6 is 0 Å². The van der Waals surface area contributed by atoms with Crippen molar-refractivity contribution in [3.63, 3.8) is 0 Å². The molecule has 6 heteroatoms. The quantitative estimate of drug-likeness (QED) is 0.727. The molecule has 0 saturated carbocycles. The second-order valence-corrected chi connectivity index (χ2v) is 3.30. The Kier molecular flexibility index (Phi) is 4.78. The highest BCUT2D eigenvalue weighted by molar-refractivity contribution is 5.85. The third-order valence-electron chi connectivity index (χ3n) is 2.32. The van der Waals surface area contributed by atoms with E-state index in [0.717, 1.165) is 25.9 Å². The van der Waals surface area contributed by atoms with E-state index >= 15 is 0 Å². The van der Waals surface area contributed by atoms with Gasteiger partial charge >= 0.3 is 5.97 Å². The summed E-state index contributed by atoms with van der Waals surface area (Å²) in [6.07, 6.45) is 1.13. The lowest BCUT2D eigenvalue weighted by Crippen LogP contribution is -2.28. The summed E-state index contributed by atoms with van der Waals surface area (Å²) in [5, 5.41) is 11.6. The zero-order chi connectivity index (χ0) is 12.0. The van der Waals surface area contributed by atoms with E-state index in [0.29, 0.717) is 6.54 Å². The van der Waals surface area contributed by atoms with Crippen molar-refractivity contribution in [2.24, 2.45) is 0 Å². The Morgan fingerprint density at radius 2 is 2.25 bits per heavy atom. The highest BCUT2D eigenvalue weighted by atomic mass is 16.4. The summed E-state index contributed by atoms with van der Waals surface area (Å²) < 4.78 is 4.95. The van der Waals surface area contributed by atoms with E-state index in [2.05, 4.69) is 29.0 Å². The first-order valence-electron chi connectivity index (χ1n) is 5.32. The van der Waals surface area contributed by atoms with Crippen LogP contribution in [-0.2, 0) is 0 Å². The van der Waals surface area contributed by atoms with Gasteiger partial charge in [-0.05, 0) is 13.1 Å². The third-order valence-corrected chi connectivity index (χ3v) is 2.32. The molecule has 2 N–H and O–H groups in total. The summed E-state index contributed by atoms with van der Waals surface area (Å²) in [4.78, 5) is 16.5. The Morgan fingerprint density at radius 3 is 2.75 bits per heavy atom. The molecular weight excluding hydrogens is 210 g/mol. The minimum atomic E-state index is -1.08. The van der Waals surface area contributed by atoms with E-state index in [-0.39, 0.29) is 11.7 Å². The molecule has 6 nitrogen and oxygen atoms in total. The van der Waals surface area contributed by atoms with Crippen LogP contribution in [0.15, 0.2) is 10.7 Å². The van der Waals surface area contributed by atoms with Gasteiger partial charge in [0.1, 0.15) is 6.26 Å². The highest BCUT2D eigenvalue weighted by Gasteiger charge is 2.09. The molecule has 0 aliphatic rings. The number of oxazole rings is 1. The highest BCUT2D eigenvalue weighted by Crippen LogP contribution is 2.06.